The second kappa shape index (κ2) is 6.70. The van der Waals surface area contributed by atoms with Gasteiger partial charge in [0.15, 0.2) is 0 Å². The van der Waals surface area contributed by atoms with Crippen molar-refractivity contribution < 1.29 is 14.3 Å². The highest BCUT2D eigenvalue weighted by atomic mass is 16.5. The summed E-state index contributed by atoms with van der Waals surface area (Å²) in [5, 5.41) is 4.07. The number of carbonyl (C=O) groups is 2. The Labute approximate surface area is 146 Å². The first kappa shape index (κ1) is 15.9. The molecule has 1 atom stereocenters. The minimum atomic E-state index is -0.390. The van der Waals surface area contributed by atoms with E-state index >= 15 is 0 Å². The summed E-state index contributed by atoms with van der Waals surface area (Å²) in [6.45, 7) is 1.19. The largest absolute Gasteiger partial charge is 0.463 e. The summed E-state index contributed by atoms with van der Waals surface area (Å²) in [5.74, 6) is -0.700. The molecule has 1 saturated heterocycles. The number of carbonyl (C=O) groups excluding carboxylic acids is 2. The van der Waals surface area contributed by atoms with Crippen LogP contribution in [0.3, 0.4) is 0 Å². The number of aryl methyl sites for hydroxylation is 2. The number of ether oxygens (including phenoxy) is 1. The lowest BCUT2D eigenvalue weighted by atomic mass is 10.1. The van der Waals surface area contributed by atoms with Crippen molar-refractivity contribution in [1.29, 1.82) is 0 Å². The maximum Gasteiger partial charge on any atom is 0.311 e. The summed E-state index contributed by atoms with van der Waals surface area (Å²) < 4.78 is 7.04. The Hall–Kier alpha value is -2.63. The molecule has 1 aromatic carbocycles. The predicted molar refractivity (Wildman–Crippen MR) is 92.1 cm³/mol. The Morgan fingerprint density at radius 2 is 2.16 bits per heavy atom. The van der Waals surface area contributed by atoms with Gasteiger partial charge in [-0.05, 0) is 48.6 Å². The molecule has 2 heterocycles. The molecule has 4 rings (SSSR count). The van der Waals surface area contributed by atoms with Crippen LogP contribution in [0.1, 0.15) is 24.0 Å². The second-order valence-electron chi connectivity index (χ2n) is 6.65. The van der Waals surface area contributed by atoms with Crippen molar-refractivity contribution in [3.05, 3.63) is 47.8 Å². The standard InChI is InChI=1S/C19H21N3O3/c23-18-12-16(19(24)25-10-9-21-8-2-7-20-21)13-22(18)17-6-5-14-3-1-4-15(14)11-17/h2,5-8,11,16H,1,3-4,9-10,12-13H2. The van der Waals surface area contributed by atoms with Gasteiger partial charge >= 0.3 is 5.97 Å². The Bertz CT molecular complexity index is 785. The van der Waals surface area contributed by atoms with E-state index in [9.17, 15) is 9.59 Å². The summed E-state index contributed by atoms with van der Waals surface area (Å²) in [5.41, 5.74) is 3.61. The molecule has 2 aliphatic rings. The van der Waals surface area contributed by atoms with Crippen LogP contribution in [0.2, 0.25) is 0 Å². The van der Waals surface area contributed by atoms with Gasteiger partial charge in [-0.15, -0.1) is 0 Å². The van der Waals surface area contributed by atoms with Crippen LogP contribution in [0, 0.1) is 5.92 Å². The summed E-state index contributed by atoms with van der Waals surface area (Å²) in [4.78, 5) is 26.3. The lowest BCUT2D eigenvalue weighted by Gasteiger charge is -2.17. The molecule has 0 N–H and O–H groups in total. The minimum absolute atomic E-state index is 0.00743. The van der Waals surface area contributed by atoms with Crippen molar-refractivity contribution in [2.45, 2.75) is 32.2 Å². The molecule has 1 amide bonds. The quantitative estimate of drug-likeness (QED) is 0.781. The molecule has 0 bridgehead atoms. The first-order chi connectivity index (χ1) is 12.2. The zero-order valence-electron chi connectivity index (χ0n) is 14.1. The Kier molecular flexibility index (Phi) is 4.26. The van der Waals surface area contributed by atoms with Gasteiger partial charge in [0, 0.05) is 31.0 Å². The van der Waals surface area contributed by atoms with E-state index in [-0.39, 0.29) is 24.9 Å². The van der Waals surface area contributed by atoms with Gasteiger partial charge in [0.2, 0.25) is 5.91 Å². The average Bonchev–Trinajstić information content (AvgIpc) is 3.34. The lowest BCUT2D eigenvalue weighted by molar-refractivity contribution is -0.148. The third-order valence-electron chi connectivity index (χ3n) is 4.98. The van der Waals surface area contributed by atoms with E-state index in [2.05, 4.69) is 17.2 Å². The van der Waals surface area contributed by atoms with Gasteiger partial charge in [0.1, 0.15) is 6.61 Å². The Balaban J connectivity index is 1.35. The molecule has 6 heteroatoms. The first-order valence-corrected chi connectivity index (χ1v) is 8.77. The second-order valence-corrected chi connectivity index (χ2v) is 6.65. The molecule has 1 aliphatic heterocycles. The number of rotatable bonds is 5. The van der Waals surface area contributed by atoms with Crippen LogP contribution in [0.4, 0.5) is 5.69 Å². The van der Waals surface area contributed by atoms with Gasteiger partial charge in [-0.2, -0.15) is 5.10 Å². The van der Waals surface area contributed by atoms with E-state index in [1.165, 1.54) is 17.5 Å². The molecule has 2 aromatic rings. The molecular weight excluding hydrogens is 318 g/mol. The van der Waals surface area contributed by atoms with Crippen molar-refractivity contribution in [3.63, 3.8) is 0 Å². The van der Waals surface area contributed by atoms with Gasteiger partial charge < -0.3 is 9.64 Å². The Morgan fingerprint density at radius 1 is 1.28 bits per heavy atom. The molecule has 0 saturated carbocycles. The zero-order valence-corrected chi connectivity index (χ0v) is 14.1. The normalized spacial score (nSPS) is 19.3. The van der Waals surface area contributed by atoms with Crippen LogP contribution in [0.15, 0.2) is 36.7 Å². The van der Waals surface area contributed by atoms with E-state index < -0.39 is 5.92 Å². The van der Waals surface area contributed by atoms with Gasteiger partial charge in [-0.3, -0.25) is 14.3 Å². The fourth-order valence-corrected chi connectivity index (χ4v) is 3.63. The summed E-state index contributed by atoms with van der Waals surface area (Å²) in [6, 6.07) is 8.03. The SMILES string of the molecule is O=C(OCCn1cccn1)C1CC(=O)N(c2ccc3c(c2)CCC3)C1. The van der Waals surface area contributed by atoms with Crippen LogP contribution in [0.25, 0.3) is 0 Å². The maximum atomic E-state index is 12.4. The summed E-state index contributed by atoms with van der Waals surface area (Å²) in [7, 11) is 0. The molecular formula is C19H21N3O3. The number of amides is 1. The van der Waals surface area contributed by atoms with Gasteiger partial charge in [-0.1, -0.05) is 6.07 Å². The summed E-state index contributed by atoms with van der Waals surface area (Å²) in [6.07, 6.45) is 7.10. The third kappa shape index (κ3) is 3.29. The van der Waals surface area contributed by atoms with Crippen LogP contribution in [-0.2, 0) is 33.7 Å². The highest BCUT2D eigenvalue weighted by Crippen LogP contribution is 2.30. The van der Waals surface area contributed by atoms with Crippen molar-refractivity contribution in [2.24, 2.45) is 5.92 Å². The molecule has 1 fully saturated rings. The van der Waals surface area contributed by atoms with Crippen LogP contribution < -0.4 is 4.90 Å². The monoisotopic (exact) mass is 339 g/mol. The molecule has 25 heavy (non-hydrogen) atoms. The third-order valence-corrected chi connectivity index (χ3v) is 4.98. The number of nitrogens with zero attached hydrogens (tertiary/aromatic N) is 3. The fourth-order valence-electron chi connectivity index (χ4n) is 3.63. The number of aromatic nitrogens is 2. The van der Waals surface area contributed by atoms with Gasteiger partial charge in [0.25, 0.3) is 0 Å². The predicted octanol–water partition coefficient (Wildman–Crippen LogP) is 1.97. The van der Waals surface area contributed by atoms with Crippen molar-refractivity contribution in [1.82, 2.24) is 9.78 Å². The Morgan fingerprint density at radius 3 is 3.00 bits per heavy atom. The summed E-state index contributed by atoms with van der Waals surface area (Å²) >= 11 is 0. The first-order valence-electron chi connectivity index (χ1n) is 8.77. The van der Waals surface area contributed by atoms with Crippen molar-refractivity contribution >= 4 is 17.6 Å². The molecule has 1 aromatic heterocycles. The van der Waals surface area contributed by atoms with Crippen LogP contribution in [-0.4, -0.2) is 34.8 Å². The van der Waals surface area contributed by atoms with E-state index in [1.54, 1.807) is 15.8 Å². The molecule has 1 unspecified atom stereocenters. The molecule has 0 radical (unpaired) electrons. The minimum Gasteiger partial charge on any atom is -0.463 e. The van der Waals surface area contributed by atoms with E-state index in [0.717, 1.165) is 18.5 Å². The smallest absolute Gasteiger partial charge is 0.311 e. The highest BCUT2D eigenvalue weighted by Gasteiger charge is 2.36. The van der Waals surface area contributed by atoms with E-state index in [0.29, 0.717) is 13.1 Å². The van der Waals surface area contributed by atoms with Crippen molar-refractivity contribution in [3.8, 4) is 0 Å². The topological polar surface area (TPSA) is 64.4 Å². The number of hydrogen-bond acceptors (Lipinski definition) is 4. The number of fused-ring (bicyclic) bond motifs is 1. The van der Waals surface area contributed by atoms with Gasteiger partial charge in [0.05, 0.1) is 12.5 Å². The van der Waals surface area contributed by atoms with Gasteiger partial charge in [-0.25, -0.2) is 0 Å². The number of benzene rings is 1. The lowest BCUT2D eigenvalue weighted by Crippen LogP contribution is -2.27. The number of anilines is 1. The molecule has 1 aliphatic carbocycles. The number of esters is 1. The molecule has 0 spiro atoms. The average molecular weight is 339 g/mol. The highest BCUT2D eigenvalue weighted by molar-refractivity contribution is 5.99. The number of hydrogen-bond donors (Lipinski definition) is 0. The maximum absolute atomic E-state index is 12.4. The zero-order chi connectivity index (χ0) is 17.2. The molecule has 130 valence electrons. The van der Waals surface area contributed by atoms with E-state index in [1.807, 2.05) is 18.3 Å². The van der Waals surface area contributed by atoms with Crippen LogP contribution in [0.5, 0.6) is 0 Å². The van der Waals surface area contributed by atoms with E-state index in [4.69, 9.17) is 4.74 Å². The molecule has 6 nitrogen and oxygen atoms in total. The van der Waals surface area contributed by atoms with Crippen molar-refractivity contribution in [2.75, 3.05) is 18.1 Å². The van der Waals surface area contributed by atoms with Crippen LogP contribution >= 0.6 is 0 Å². The fraction of sp³-hybridized carbons (Fsp3) is 0.421.